The van der Waals surface area contributed by atoms with Crippen LogP contribution in [0.25, 0.3) is 0 Å². The van der Waals surface area contributed by atoms with E-state index in [1.54, 1.807) is 6.07 Å². The number of rotatable bonds is 5. The van der Waals surface area contributed by atoms with E-state index in [0.717, 1.165) is 38.2 Å². The van der Waals surface area contributed by atoms with Crippen LogP contribution < -0.4 is 10.1 Å². The molecule has 1 aromatic rings. The molecule has 1 unspecified atom stereocenters. The summed E-state index contributed by atoms with van der Waals surface area (Å²) in [7, 11) is 0. The lowest BCUT2D eigenvalue weighted by Gasteiger charge is -2.17. The van der Waals surface area contributed by atoms with E-state index in [1.807, 2.05) is 18.2 Å². The van der Waals surface area contributed by atoms with Gasteiger partial charge in [-0.1, -0.05) is 6.07 Å². The van der Waals surface area contributed by atoms with Gasteiger partial charge >= 0.3 is 5.97 Å². The number of hydrogen-bond acceptors (Lipinski definition) is 4. The smallest absolute Gasteiger partial charge is 0.341 e. The molecule has 2 rings (SSSR count). The lowest BCUT2D eigenvalue weighted by Crippen LogP contribution is -2.19. The van der Waals surface area contributed by atoms with Crippen molar-refractivity contribution in [2.24, 2.45) is 0 Å². The zero-order valence-electron chi connectivity index (χ0n) is 10.8. The molecule has 0 saturated carbocycles. The molecule has 0 radical (unpaired) electrons. The molecule has 104 valence electrons. The van der Waals surface area contributed by atoms with E-state index in [-0.39, 0.29) is 6.61 Å². The Morgan fingerprint density at radius 3 is 3.16 bits per heavy atom. The van der Waals surface area contributed by atoms with Crippen molar-refractivity contribution in [2.45, 2.75) is 25.3 Å². The maximum atomic E-state index is 10.5. The number of carbonyl (C=O) groups is 1. The predicted octanol–water partition coefficient (Wildman–Crippen LogP) is 2.13. The Hall–Kier alpha value is -1.75. The van der Waals surface area contributed by atoms with Crippen molar-refractivity contribution in [3.8, 4) is 5.75 Å². The van der Waals surface area contributed by atoms with Gasteiger partial charge in [0.15, 0.2) is 6.61 Å². The lowest BCUT2D eigenvalue weighted by molar-refractivity contribution is -0.139. The van der Waals surface area contributed by atoms with E-state index in [4.69, 9.17) is 14.6 Å². The molecule has 1 atom stereocenters. The molecule has 1 aliphatic rings. The molecule has 0 bridgehead atoms. The summed E-state index contributed by atoms with van der Waals surface area (Å²) in [6.45, 7) is 1.30. The molecule has 19 heavy (non-hydrogen) atoms. The highest BCUT2D eigenvalue weighted by molar-refractivity contribution is 5.68. The lowest BCUT2D eigenvalue weighted by atomic mass is 10.1. The summed E-state index contributed by atoms with van der Waals surface area (Å²) < 4.78 is 10.6. The van der Waals surface area contributed by atoms with Gasteiger partial charge in [-0.3, -0.25) is 0 Å². The van der Waals surface area contributed by atoms with Crippen molar-refractivity contribution in [3.05, 3.63) is 24.3 Å². The zero-order valence-corrected chi connectivity index (χ0v) is 10.8. The Labute approximate surface area is 112 Å². The molecule has 2 N–H and O–H groups in total. The summed E-state index contributed by atoms with van der Waals surface area (Å²) >= 11 is 0. The molecular formula is C14H19NO4. The highest BCUT2D eigenvalue weighted by atomic mass is 16.5. The van der Waals surface area contributed by atoms with Crippen molar-refractivity contribution in [1.82, 2.24) is 0 Å². The second kappa shape index (κ2) is 6.99. The van der Waals surface area contributed by atoms with Crippen molar-refractivity contribution >= 4 is 11.7 Å². The fourth-order valence-electron chi connectivity index (χ4n) is 2.10. The molecule has 0 amide bonds. The molecule has 0 aromatic heterocycles. The molecule has 0 spiro atoms. The minimum atomic E-state index is -0.973. The quantitative estimate of drug-likeness (QED) is 0.853. The SMILES string of the molecule is O=C(O)COc1cccc(NC2CCCOCC2)c1. The van der Waals surface area contributed by atoms with E-state index in [0.29, 0.717) is 11.8 Å². The number of anilines is 1. The third-order valence-corrected chi connectivity index (χ3v) is 3.02. The van der Waals surface area contributed by atoms with Gasteiger partial charge < -0.3 is 19.9 Å². The summed E-state index contributed by atoms with van der Waals surface area (Å²) in [5.74, 6) is -0.406. The van der Waals surface area contributed by atoms with Crippen LogP contribution in [0.3, 0.4) is 0 Å². The number of aliphatic carboxylic acids is 1. The van der Waals surface area contributed by atoms with Crippen LogP contribution in [-0.2, 0) is 9.53 Å². The normalized spacial score (nSPS) is 19.5. The van der Waals surface area contributed by atoms with E-state index >= 15 is 0 Å². The number of benzene rings is 1. The van der Waals surface area contributed by atoms with Gasteiger partial charge in [0.05, 0.1) is 0 Å². The zero-order chi connectivity index (χ0) is 13.5. The van der Waals surface area contributed by atoms with Crippen LogP contribution in [0, 0.1) is 0 Å². The summed E-state index contributed by atoms with van der Waals surface area (Å²) in [5, 5.41) is 12.0. The Morgan fingerprint density at radius 1 is 1.42 bits per heavy atom. The first kappa shape index (κ1) is 13.7. The standard InChI is InChI=1S/C14H19NO4/c16-14(17)10-19-13-5-1-3-12(9-13)15-11-4-2-7-18-8-6-11/h1,3,5,9,11,15H,2,4,6-8,10H2,(H,16,17). The van der Waals surface area contributed by atoms with Gasteiger partial charge in [0, 0.05) is 31.0 Å². The summed E-state index contributed by atoms with van der Waals surface area (Å²) in [5.41, 5.74) is 0.954. The van der Waals surface area contributed by atoms with Gasteiger partial charge in [-0.25, -0.2) is 4.79 Å². The van der Waals surface area contributed by atoms with Crippen LogP contribution in [0.15, 0.2) is 24.3 Å². The number of carboxylic acid groups (broad SMARTS) is 1. The van der Waals surface area contributed by atoms with Crippen LogP contribution in [0.2, 0.25) is 0 Å². The molecule has 1 saturated heterocycles. The van der Waals surface area contributed by atoms with Crippen molar-refractivity contribution in [2.75, 3.05) is 25.1 Å². The second-order valence-electron chi connectivity index (χ2n) is 4.59. The first-order chi connectivity index (χ1) is 9.24. The van der Waals surface area contributed by atoms with Crippen LogP contribution in [0.4, 0.5) is 5.69 Å². The number of carboxylic acids is 1. The van der Waals surface area contributed by atoms with Crippen LogP contribution >= 0.6 is 0 Å². The van der Waals surface area contributed by atoms with Crippen LogP contribution in [0.5, 0.6) is 5.75 Å². The third kappa shape index (κ3) is 4.79. The number of hydrogen-bond donors (Lipinski definition) is 2. The van der Waals surface area contributed by atoms with Crippen LogP contribution in [-0.4, -0.2) is 36.9 Å². The maximum Gasteiger partial charge on any atom is 0.341 e. The Bertz CT molecular complexity index is 414. The molecule has 1 aromatic carbocycles. The predicted molar refractivity (Wildman–Crippen MR) is 71.7 cm³/mol. The van der Waals surface area contributed by atoms with Gasteiger partial charge in [0.2, 0.25) is 0 Å². The van der Waals surface area contributed by atoms with E-state index < -0.39 is 5.97 Å². The highest BCUT2D eigenvalue weighted by Crippen LogP contribution is 2.20. The summed E-state index contributed by atoms with van der Waals surface area (Å²) in [4.78, 5) is 10.5. The molecule has 1 heterocycles. The van der Waals surface area contributed by atoms with Gasteiger partial charge in [0.1, 0.15) is 5.75 Å². The summed E-state index contributed by atoms with van der Waals surface area (Å²) in [6.07, 6.45) is 3.13. The maximum absolute atomic E-state index is 10.5. The topological polar surface area (TPSA) is 67.8 Å². The van der Waals surface area contributed by atoms with E-state index in [9.17, 15) is 4.79 Å². The Morgan fingerprint density at radius 2 is 2.32 bits per heavy atom. The average molecular weight is 265 g/mol. The molecule has 1 fully saturated rings. The van der Waals surface area contributed by atoms with Gasteiger partial charge in [0.25, 0.3) is 0 Å². The molecule has 1 aliphatic heterocycles. The molecule has 0 aliphatic carbocycles. The third-order valence-electron chi connectivity index (χ3n) is 3.02. The van der Waals surface area contributed by atoms with E-state index in [1.165, 1.54) is 0 Å². The first-order valence-electron chi connectivity index (χ1n) is 6.53. The fourth-order valence-corrected chi connectivity index (χ4v) is 2.10. The number of ether oxygens (including phenoxy) is 2. The monoisotopic (exact) mass is 265 g/mol. The Balaban J connectivity index is 1.91. The summed E-state index contributed by atoms with van der Waals surface area (Å²) in [6, 6.07) is 7.79. The average Bonchev–Trinajstić information content (AvgIpc) is 2.65. The molecule has 5 heteroatoms. The second-order valence-corrected chi connectivity index (χ2v) is 4.59. The van der Waals surface area contributed by atoms with Crippen molar-refractivity contribution in [3.63, 3.8) is 0 Å². The van der Waals surface area contributed by atoms with Gasteiger partial charge in [-0.05, 0) is 31.4 Å². The minimum absolute atomic E-state index is 0.319. The van der Waals surface area contributed by atoms with Gasteiger partial charge in [-0.2, -0.15) is 0 Å². The Kier molecular flexibility index (Phi) is 5.03. The van der Waals surface area contributed by atoms with Gasteiger partial charge in [-0.15, -0.1) is 0 Å². The number of nitrogens with one attached hydrogen (secondary N) is 1. The highest BCUT2D eigenvalue weighted by Gasteiger charge is 2.12. The molecule has 5 nitrogen and oxygen atoms in total. The fraction of sp³-hybridized carbons (Fsp3) is 0.500. The first-order valence-corrected chi connectivity index (χ1v) is 6.53. The van der Waals surface area contributed by atoms with E-state index in [2.05, 4.69) is 5.32 Å². The van der Waals surface area contributed by atoms with Crippen molar-refractivity contribution in [1.29, 1.82) is 0 Å². The largest absolute Gasteiger partial charge is 0.482 e. The van der Waals surface area contributed by atoms with Crippen LogP contribution in [0.1, 0.15) is 19.3 Å². The van der Waals surface area contributed by atoms with Crippen molar-refractivity contribution < 1.29 is 19.4 Å². The molecular weight excluding hydrogens is 246 g/mol. The minimum Gasteiger partial charge on any atom is -0.482 e.